The summed E-state index contributed by atoms with van der Waals surface area (Å²) >= 11 is 0. The van der Waals surface area contributed by atoms with Crippen molar-refractivity contribution in [3.63, 3.8) is 0 Å². The van der Waals surface area contributed by atoms with E-state index in [-0.39, 0.29) is 32.1 Å². The lowest BCUT2D eigenvalue weighted by Gasteiger charge is -2.26. The van der Waals surface area contributed by atoms with Crippen LogP contribution >= 0.6 is 0 Å². The van der Waals surface area contributed by atoms with Gasteiger partial charge in [-0.15, -0.1) is 0 Å². The highest BCUT2D eigenvalue weighted by Crippen LogP contribution is 2.38. The minimum atomic E-state index is -6.10. The van der Waals surface area contributed by atoms with Gasteiger partial charge in [-0.25, -0.2) is 22.5 Å². The van der Waals surface area contributed by atoms with Crippen LogP contribution in [0.25, 0.3) is 16.7 Å². The van der Waals surface area contributed by atoms with E-state index in [2.05, 4.69) is 10.2 Å². The van der Waals surface area contributed by atoms with E-state index in [1.54, 1.807) is 0 Å². The molecule has 220 valence electrons. The smallest absolute Gasteiger partial charge is 0.389 e. The summed E-state index contributed by atoms with van der Waals surface area (Å²) in [5.41, 5.74) is -4.68. The Kier molecular flexibility index (Phi) is 7.49. The number of anilines is 1. The lowest BCUT2D eigenvalue weighted by Crippen LogP contribution is -2.54. The lowest BCUT2D eigenvalue weighted by molar-refractivity contribution is -0.290. The Bertz CT molecular complexity index is 1590. The van der Waals surface area contributed by atoms with Gasteiger partial charge >= 0.3 is 12.1 Å². The fraction of sp³-hybridized carbons (Fsp3) is 0.348. The summed E-state index contributed by atoms with van der Waals surface area (Å²) in [6.45, 7) is -0.472. The molecule has 3 atom stereocenters. The molecule has 1 aliphatic heterocycles. The van der Waals surface area contributed by atoms with Gasteiger partial charge < -0.3 is 15.3 Å². The number of fused-ring (bicyclic) bond motifs is 1. The monoisotopic (exact) mass is 597 g/mol. The Morgan fingerprint density at radius 1 is 1.07 bits per heavy atom. The largest absolute Gasteiger partial charge is 0.455 e. The van der Waals surface area contributed by atoms with Gasteiger partial charge in [-0.3, -0.25) is 14.2 Å². The van der Waals surface area contributed by atoms with E-state index in [0.717, 1.165) is 4.90 Å². The van der Waals surface area contributed by atoms with Crippen LogP contribution in [0.4, 0.5) is 45.3 Å². The number of nitroso groups, excluding NO2 is 1. The first-order valence-electron chi connectivity index (χ1n) is 11.4. The van der Waals surface area contributed by atoms with Crippen molar-refractivity contribution in [3.8, 4) is 5.69 Å². The number of alkyl halides is 5. The van der Waals surface area contributed by atoms with Crippen LogP contribution in [0.5, 0.6) is 0 Å². The average molecular weight is 597 g/mol. The zero-order chi connectivity index (χ0) is 30.6. The maximum atomic E-state index is 15.1. The molecule has 18 heteroatoms. The molecule has 1 aromatic carbocycles. The predicted octanol–water partition coefficient (Wildman–Crippen LogP) is 3.57. The third kappa shape index (κ3) is 5.18. The molecule has 3 aromatic rings. The van der Waals surface area contributed by atoms with Crippen LogP contribution < -0.4 is 15.6 Å². The van der Waals surface area contributed by atoms with Crippen molar-refractivity contribution in [2.45, 2.75) is 37.2 Å². The molecule has 1 saturated heterocycles. The van der Waals surface area contributed by atoms with Crippen molar-refractivity contribution in [2.24, 2.45) is 5.18 Å². The highest BCUT2D eigenvalue weighted by atomic mass is 19.4. The van der Waals surface area contributed by atoms with Crippen LogP contribution in [0.2, 0.25) is 0 Å². The highest BCUT2D eigenvalue weighted by Gasteiger charge is 2.61. The molecule has 3 heterocycles. The van der Waals surface area contributed by atoms with E-state index in [0.29, 0.717) is 16.8 Å². The number of nitrogens with one attached hydrogen (secondary N) is 1. The number of carbonyl (C=O) groups excluding carboxylic acids is 1. The van der Waals surface area contributed by atoms with Gasteiger partial charge in [0.05, 0.1) is 17.5 Å². The highest BCUT2D eigenvalue weighted by molar-refractivity contribution is 5.97. The van der Waals surface area contributed by atoms with E-state index >= 15 is 4.39 Å². The zero-order valence-corrected chi connectivity index (χ0v) is 20.3. The van der Waals surface area contributed by atoms with Crippen molar-refractivity contribution >= 4 is 22.8 Å². The maximum absolute atomic E-state index is 15.1. The van der Waals surface area contributed by atoms with Gasteiger partial charge in [-0.2, -0.15) is 26.9 Å². The topological polar surface area (TPSA) is 117 Å². The molecule has 0 radical (unpaired) electrons. The number of aromatic nitrogens is 2. The van der Waals surface area contributed by atoms with Crippen LogP contribution in [0.1, 0.15) is 17.3 Å². The van der Waals surface area contributed by atoms with Gasteiger partial charge in [-0.05, 0) is 13.0 Å². The third-order valence-electron chi connectivity index (χ3n) is 6.34. The Labute approximate surface area is 222 Å². The Balaban J connectivity index is 1.95. The number of nitrogens with zero attached hydrogens (tertiary/aromatic N) is 4. The van der Waals surface area contributed by atoms with Crippen molar-refractivity contribution in [2.75, 3.05) is 18.0 Å². The molecule has 2 N–H and O–H groups in total. The second-order valence-electron chi connectivity index (χ2n) is 9.09. The van der Waals surface area contributed by atoms with Crippen LogP contribution in [0, 0.1) is 28.2 Å². The molecule has 2 aromatic heterocycles. The molecule has 4 rings (SSSR count). The molecular weight excluding hydrogens is 581 g/mol. The number of carbonyl (C=O) groups is 1. The number of pyridine rings is 2. The number of amides is 1. The van der Waals surface area contributed by atoms with Gasteiger partial charge in [0.25, 0.3) is 5.91 Å². The molecule has 9 nitrogen and oxygen atoms in total. The summed E-state index contributed by atoms with van der Waals surface area (Å²) in [5.74, 6) is -13.9. The normalized spacial score (nSPS) is 18.6. The zero-order valence-electron chi connectivity index (χ0n) is 20.3. The number of halogens is 9. The molecule has 0 spiro atoms. The molecule has 0 bridgehead atoms. The molecule has 41 heavy (non-hydrogen) atoms. The molecule has 0 aliphatic carbocycles. The summed E-state index contributed by atoms with van der Waals surface area (Å²) < 4.78 is 124. The van der Waals surface area contributed by atoms with Gasteiger partial charge in [0, 0.05) is 31.4 Å². The molecular formula is C23H16F9N5O4. The second-order valence-corrected chi connectivity index (χ2v) is 9.09. The SMILES string of the molecule is CC(NC(=O)c1cn(-c2c(F)cc(F)cc2F)c2nc(N3C[C@H](O)[C@H](N=O)C3)c(F)cc2c1=O)C(F)(F)C(F)(F)F. The quantitative estimate of drug-likeness (QED) is 0.332. The Morgan fingerprint density at radius 3 is 2.22 bits per heavy atom. The Hall–Kier alpha value is -4.22. The molecule has 1 aliphatic rings. The first-order valence-corrected chi connectivity index (χ1v) is 11.4. The van der Waals surface area contributed by atoms with Crippen molar-refractivity contribution in [1.29, 1.82) is 0 Å². The molecule has 1 amide bonds. The number of rotatable bonds is 6. The first kappa shape index (κ1) is 29.8. The number of aliphatic hydroxyl groups excluding tert-OH is 1. The number of benzene rings is 1. The van der Waals surface area contributed by atoms with Crippen molar-refractivity contribution in [1.82, 2.24) is 14.9 Å². The van der Waals surface area contributed by atoms with Crippen LogP contribution in [0.15, 0.2) is 34.4 Å². The van der Waals surface area contributed by atoms with Crippen LogP contribution in [0.3, 0.4) is 0 Å². The van der Waals surface area contributed by atoms with Crippen molar-refractivity contribution in [3.05, 3.63) is 68.4 Å². The lowest BCUT2D eigenvalue weighted by atomic mass is 10.1. The summed E-state index contributed by atoms with van der Waals surface area (Å²) in [4.78, 5) is 41.6. The minimum Gasteiger partial charge on any atom is -0.389 e. The average Bonchev–Trinajstić information content (AvgIpc) is 3.24. The third-order valence-corrected chi connectivity index (χ3v) is 6.34. The van der Waals surface area contributed by atoms with E-state index in [1.165, 1.54) is 5.32 Å². The van der Waals surface area contributed by atoms with Gasteiger partial charge in [-0.1, -0.05) is 5.18 Å². The molecule has 0 saturated carbocycles. The van der Waals surface area contributed by atoms with Gasteiger partial charge in [0.15, 0.2) is 28.9 Å². The van der Waals surface area contributed by atoms with E-state index < -0.39 is 93.0 Å². The minimum absolute atomic E-state index is 0.190. The summed E-state index contributed by atoms with van der Waals surface area (Å²) in [6.07, 6.45) is -7.11. The fourth-order valence-electron chi connectivity index (χ4n) is 4.19. The summed E-state index contributed by atoms with van der Waals surface area (Å²) in [5, 5.41) is 13.0. The molecule has 1 unspecified atom stereocenters. The first-order chi connectivity index (χ1) is 19.0. The van der Waals surface area contributed by atoms with Gasteiger partial charge in [0.1, 0.15) is 23.1 Å². The standard InChI is InChI=1S/C23H16F9N5O4/c1-8(22(28,29)23(30,31)32)33-21(40)11-5-37(17-12(25)2-9(24)3-13(17)26)19-10(18(11)39)4-14(27)20(34-19)36-6-15(35-41)16(38)7-36/h2-5,8,15-16,38H,6-7H2,1H3,(H,33,40)/t8?,15-,16+/m1/s1. The second kappa shape index (κ2) is 10.3. The number of hydrogen-bond donors (Lipinski definition) is 2. The van der Waals surface area contributed by atoms with Crippen LogP contribution in [-0.2, 0) is 0 Å². The maximum Gasteiger partial charge on any atom is 0.455 e. The van der Waals surface area contributed by atoms with E-state index in [4.69, 9.17) is 0 Å². The summed E-state index contributed by atoms with van der Waals surface area (Å²) in [7, 11) is 0. The van der Waals surface area contributed by atoms with Crippen LogP contribution in [-0.4, -0.2) is 63.9 Å². The molecule has 1 fully saturated rings. The van der Waals surface area contributed by atoms with Crippen molar-refractivity contribution < 1.29 is 49.4 Å². The number of hydrogen-bond acceptors (Lipinski definition) is 7. The predicted molar refractivity (Wildman–Crippen MR) is 123 cm³/mol. The number of β-amino-alcohol motifs (C(OH)–C–C–N with tert-alkyl or cyclic N) is 1. The summed E-state index contributed by atoms with van der Waals surface area (Å²) in [6, 6.07) is -3.33. The number of aliphatic hydroxyl groups is 1. The van der Waals surface area contributed by atoms with E-state index in [1.807, 2.05) is 0 Å². The van der Waals surface area contributed by atoms with E-state index in [9.17, 15) is 54.7 Å². The fourth-order valence-corrected chi connectivity index (χ4v) is 4.19. The Morgan fingerprint density at radius 2 is 1.68 bits per heavy atom. The van der Waals surface area contributed by atoms with Gasteiger partial charge in [0.2, 0.25) is 5.43 Å².